The number of nitrogens with zero attached hydrogens (tertiary/aromatic N) is 5. The van der Waals surface area contributed by atoms with E-state index in [2.05, 4.69) is 24.8 Å². The Morgan fingerprint density at radius 3 is 2.93 bits per heavy atom. The van der Waals surface area contributed by atoms with Gasteiger partial charge in [0.05, 0.1) is 11.2 Å². The molecule has 2 saturated heterocycles. The Morgan fingerprint density at radius 2 is 2.07 bits per heavy atom. The fourth-order valence-electron chi connectivity index (χ4n) is 4.61. The smallest absolute Gasteiger partial charge is 0.317 e. The van der Waals surface area contributed by atoms with Gasteiger partial charge in [-0.05, 0) is 37.9 Å². The molecule has 2 aliphatic heterocycles. The molecule has 5 rings (SSSR count). The summed E-state index contributed by atoms with van der Waals surface area (Å²) < 4.78 is 35.1. The number of nitrogen functional groups attached to an aromatic ring is 1. The highest BCUT2D eigenvalue weighted by Gasteiger charge is 2.49. The second-order valence-corrected chi connectivity index (χ2v) is 8.14. The number of pyridine rings is 2. The Hall–Kier alpha value is -2.94. The average Bonchev–Trinajstić information content (AvgIpc) is 3.25. The minimum Gasteiger partial charge on any atom is -0.461 e. The van der Waals surface area contributed by atoms with Crippen molar-refractivity contribution in [3.63, 3.8) is 0 Å². The first-order valence-electron chi connectivity index (χ1n) is 10.0. The normalized spacial score (nSPS) is 23.8. The van der Waals surface area contributed by atoms with E-state index in [0.29, 0.717) is 24.0 Å². The number of halogens is 2. The number of nitrogens with two attached hydrogens (primary N) is 1. The zero-order chi connectivity index (χ0) is 20.9. The van der Waals surface area contributed by atoms with Crippen LogP contribution in [0.15, 0.2) is 24.5 Å². The van der Waals surface area contributed by atoms with Gasteiger partial charge in [-0.2, -0.15) is 4.98 Å². The van der Waals surface area contributed by atoms with Gasteiger partial charge in [0.1, 0.15) is 29.8 Å². The first kappa shape index (κ1) is 19.0. The number of aromatic nitrogens is 4. The first-order chi connectivity index (χ1) is 14.4. The SMILES string of the molecule is Cc1ccc(N)nc1-c1ncc2cnc(OC[C@@]34CCCN3C[C@H](F)C4)nc2c1F. The number of anilines is 1. The van der Waals surface area contributed by atoms with Crippen LogP contribution in [0.4, 0.5) is 14.6 Å². The summed E-state index contributed by atoms with van der Waals surface area (Å²) in [5, 5.41) is 0.454. The van der Waals surface area contributed by atoms with Gasteiger partial charge in [0.25, 0.3) is 0 Å². The lowest BCUT2D eigenvalue weighted by Gasteiger charge is -2.30. The highest BCUT2D eigenvalue weighted by atomic mass is 19.1. The van der Waals surface area contributed by atoms with E-state index >= 15 is 4.39 Å². The summed E-state index contributed by atoms with van der Waals surface area (Å²) in [5.41, 5.74) is 6.75. The van der Waals surface area contributed by atoms with Crippen molar-refractivity contribution in [3.8, 4) is 17.4 Å². The van der Waals surface area contributed by atoms with Crippen LogP contribution in [0.3, 0.4) is 0 Å². The molecule has 0 aliphatic carbocycles. The molecule has 3 aromatic rings. The van der Waals surface area contributed by atoms with Crippen molar-refractivity contribution in [1.29, 1.82) is 0 Å². The number of alkyl halides is 1. The molecule has 156 valence electrons. The van der Waals surface area contributed by atoms with E-state index in [9.17, 15) is 4.39 Å². The Kier molecular flexibility index (Phi) is 4.50. The van der Waals surface area contributed by atoms with Crippen LogP contribution in [0.25, 0.3) is 22.3 Å². The van der Waals surface area contributed by atoms with Crippen molar-refractivity contribution in [2.24, 2.45) is 0 Å². The molecule has 9 heteroatoms. The summed E-state index contributed by atoms with van der Waals surface area (Å²) in [6, 6.07) is 3.49. The van der Waals surface area contributed by atoms with Gasteiger partial charge in [0, 0.05) is 30.7 Å². The first-order valence-corrected chi connectivity index (χ1v) is 10.0. The summed E-state index contributed by atoms with van der Waals surface area (Å²) >= 11 is 0. The van der Waals surface area contributed by atoms with Crippen LogP contribution in [0.5, 0.6) is 6.01 Å². The maximum Gasteiger partial charge on any atom is 0.317 e. The second kappa shape index (κ2) is 7.09. The number of rotatable bonds is 4. The highest BCUT2D eigenvalue weighted by Crippen LogP contribution is 2.40. The second-order valence-electron chi connectivity index (χ2n) is 8.14. The Morgan fingerprint density at radius 1 is 1.23 bits per heavy atom. The summed E-state index contributed by atoms with van der Waals surface area (Å²) in [6.07, 6.45) is 4.49. The molecule has 0 unspecified atom stereocenters. The number of hydrogen-bond donors (Lipinski definition) is 1. The topological polar surface area (TPSA) is 90.0 Å². The highest BCUT2D eigenvalue weighted by molar-refractivity contribution is 5.82. The van der Waals surface area contributed by atoms with E-state index in [1.54, 1.807) is 12.1 Å². The number of fused-ring (bicyclic) bond motifs is 2. The van der Waals surface area contributed by atoms with Gasteiger partial charge in [0.2, 0.25) is 0 Å². The average molecular weight is 412 g/mol. The molecule has 2 N–H and O–H groups in total. The minimum absolute atomic E-state index is 0.0688. The molecule has 0 spiro atoms. The minimum atomic E-state index is -0.841. The molecule has 5 heterocycles. The van der Waals surface area contributed by atoms with Gasteiger partial charge in [0.15, 0.2) is 5.82 Å². The molecule has 30 heavy (non-hydrogen) atoms. The van der Waals surface area contributed by atoms with Gasteiger partial charge < -0.3 is 10.5 Å². The van der Waals surface area contributed by atoms with Crippen LogP contribution in [0.1, 0.15) is 24.8 Å². The predicted octanol–water partition coefficient (Wildman–Crippen LogP) is 3.07. The number of aryl methyl sites for hydroxylation is 1. The van der Waals surface area contributed by atoms with Crippen molar-refractivity contribution >= 4 is 16.7 Å². The van der Waals surface area contributed by atoms with Crippen molar-refractivity contribution in [1.82, 2.24) is 24.8 Å². The van der Waals surface area contributed by atoms with Crippen molar-refractivity contribution < 1.29 is 13.5 Å². The fraction of sp³-hybridized carbons (Fsp3) is 0.429. The van der Waals surface area contributed by atoms with E-state index in [-0.39, 0.29) is 35.2 Å². The molecular weight excluding hydrogens is 390 g/mol. The molecule has 7 nitrogen and oxygen atoms in total. The van der Waals surface area contributed by atoms with Crippen LogP contribution in [-0.2, 0) is 0 Å². The molecule has 2 atom stereocenters. The van der Waals surface area contributed by atoms with Gasteiger partial charge >= 0.3 is 6.01 Å². The van der Waals surface area contributed by atoms with Gasteiger partial charge in [-0.15, -0.1) is 0 Å². The molecule has 2 aliphatic rings. The third-order valence-electron chi connectivity index (χ3n) is 6.12. The molecule has 0 aromatic carbocycles. The standard InChI is InChI=1S/C21H22F2N6O/c1-12-3-4-15(24)27-17(12)19-16(23)18-13(8-25-19)9-26-20(28-18)30-11-21-5-2-6-29(21)10-14(22)7-21/h3-4,8-9,14H,2,5-7,10-11H2,1H3,(H2,24,27)/t14-,21+/m1/s1. The predicted molar refractivity (Wildman–Crippen MR) is 108 cm³/mol. The zero-order valence-electron chi connectivity index (χ0n) is 16.6. The third kappa shape index (κ3) is 3.13. The van der Waals surface area contributed by atoms with Gasteiger partial charge in [-0.3, -0.25) is 9.88 Å². The molecular formula is C21H22F2N6O. The molecule has 0 amide bonds. The Balaban J connectivity index is 1.46. The molecule has 0 saturated carbocycles. The number of hydrogen-bond acceptors (Lipinski definition) is 7. The Labute approximate surface area is 172 Å². The summed E-state index contributed by atoms with van der Waals surface area (Å²) in [4.78, 5) is 19.0. The lowest BCUT2D eigenvalue weighted by atomic mass is 9.95. The largest absolute Gasteiger partial charge is 0.461 e. The van der Waals surface area contributed by atoms with Crippen molar-refractivity contribution in [2.45, 2.75) is 37.9 Å². The van der Waals surface area contributed by atoms with Crippen LogP contribution in [0.2, 0.25) is 0 Å². The summed E-state index contributed by atoms with van der Waals surface area (Å²) in [6.45, 7) is 3.42. The van der Waals surface area contributed by atoms with Gasteiger partial charge in [-0.1, -0.05) is 6.07 Å². The van der Waals surface area contributed by atoms with E-state index in [4.69, 9.17) is 10.5 Å². The lowest BCUT2D eigenvalue weighted by Crippen LogP contribution is -2.43. The monoisotopic (exact) mass is 412 g/mol. The molecule has 3 aromatic heterocycles. The van der Waals surface area contributed by atoms with Crippen LogP contribution >= 0.6 is 0 Å². The lowest BCUT2D eigenvalue weighted by molar-refractivity contribution is 0.107. The quantitative estimate of drug-likeness (QED) is 0.704. The van der Waals surface area contributed by atoms with Gasteiger partial charge in [-0.25, -0.2) is 18.7 Å². The maximum atomic E-state index is 15.3. The zero-order valence-corrected chi connectivity index (χ0v) is 16.6. The Bertz CT molecular complexity index is 1130. The summed E-state index contributed by atoms with van der Waals surface area (Å²) in [5.74, 6) is -0.321. The van der Waals surface area contributed by atoms with Crippen molar-refractivity contribution in [3.05, 3.63) is 35.9 Å². The fourth-order valence-corrected chi connectivity index (χ4v) is 4.61. The number of ether oxygens (including phenoxy) is 1. The molecule has 0 radical (unpaired) electrons. The van der Waals surface area contributed by atoms with E-state index in [0.717, 1.165) is 24.9 Å². The van der Waals surface area contributed by atoms with E-state index < -0.39 is 12.0 Å². The van der Waals surface area contributed by atoms with E-state index in [1.807, 2.05) is 6.92 Å². The maximum absolute atomic E-state index is 15.3. The summed E-state index contributed by atoms with van der Waals surface area (Å²) in [7, 11) is 0. The van der Waals surface area contributed by atoms with Crippen LogP contribution < -0.4 is 10.5 Å². The van der Waals surface area contributed by atoms with Crippen molar-refractivity contribution in [2.75, 3.05) is 25.4 Å². The third-order valence-corrected chi connectivity index (χ3v) is 6.12. The molecule has 0 bridgehead atoms. The van der Waals surface area contributed by atoms with E-state index in [1.165, 1.54) is 12.4 Å². The van der Waals surface area contributed by atoms with Crippen LogP contribution in [-0.4, -0.2) is 56.2 Å². The molecule has 2 fully saturated rings. The van der Waals surface area contributed by atoms with Crippen LogP contribution in [0, 0.1) is 12.7 Å².